The molecule has 0 spiro atoms. The van der Waals surface area contributed by atoms with Gasteiger partial charge in [0.15, 0.2) is 0 Å². The first-order valence-electron chi connectivity index (χ1n) is 8.47. The number of esters is 1. The minimum absolute atomic E-state index is 0.0478. The Morgan fingerprint density at radius 1 is 0.926 bits per heavy atom. The molecule has 5 nitrogen and oxygen atoms in total. The number of hydrogen-bond acceptors (Lipinski definition) is 5. The summed E-state index contributed by atoms with van der Waals surface area (Å²) in [6, 6.07) is 14.7. The lowest BCUT2D eigenvalue weighted by Gasteiger charge is -2.09. The van der Waals surface area contributed by atoms with Crippen LogP contribution in [0.2, 0.25) is 5.15 Å². The van der Waals surface area contributed by atoms with Crippen molar-refractivity contribution < 1.29 is 9.53 Å². The fourth-order valence-corrected chi connectivity index (χ4v) is 3.02. The van der Waals surface area contributed by atoms with Crippen LogP contribution in [0.5, 0.6) is 0 Å². The number of rotatable bonds is 3. The van der Waals surface area contributed by atoms with Gasteiger partial charge in [0.25, 0.3) is 0 Å². The standard InChI is InChI=1S/C21H16ClN3O2/c1-12-13(2)24-19-10-15(7-8-18(19)23-12)21(26)27-11-16-9-14-5-3-4-6-17(14)25-20(16)22/h3-10H,11H2,1-2H3. The molecule has 4 aromatic rings. The second-order valence-corrected chi connectivity index (χ2v) is 6.66. The number of benzene rings is 2. The molecule has 0 saturated carbocycles. The lowest BCUT2D eigenvalue weighted by molar-refractivity contribution is 0.0473. The Labute approximate surface area is 161 Å². The van der Waals surface area contributed by atoms with Crippen LogP contribution in [0.3, 0.4) is 0 Å². The summed E-state index contributed by atoms with van der Waals surface area (Å²) in [4.78, 5) is 25.7. The van der Waals surface area contributed by atoms with Crippen LogP contribution >= 0.6 is 11.6 Å². The van der Waals surface area contributed by atoms with Gasteiger partial charge in [-0.25, -0.2) is 19.7 Å². The summed E-state index contributed by atoms with van der Waals surface area (Å²) in [5.41, 5.74) is 5.00. The van der Waals surface area contributed by atoms with E-state index in [2.05, 4.69) is 15.0 Å². The predicted octanol–water partition coefficient (Wildman–Crippen LogP) is 4.81. The van der Waals surface area contributed by atoms with Gasteiger partial charge in [-0.2, -0.15) is 0 Å². The summed E-state index contributed by atoms with van der Waals surface area (Å²) < 4.78 is 5.44. The summed E-state index contributed by atoms with van der Waals surface area (Å²) >= 11 is 6.22. The molecule has 2 aromatic carbocycles. The van der Waals surface area contributed by atoms with Gasteiger partial charge in [0.05, 0.1) is 33.5 Å². The molecular formula is C21H16ClN3O2. The van der Waals surface area contributed by atoms with Gasteiger partial charge in [0.2, 0.25) is 0 Å². The van der Waals surface area contributed by atoms with Crippen molar-refractivity contribution in [3.05, 3.63) is 76.2 Å². The number of ether oxygens (including phenoxy) is 1. The molecule has 2 heterocycles. The molecule has 0 aliphatic carbocycles. The topological polar surface area (TPSA) is 65.0 Å². The lowest BCUT2D eigenvalue weighted by Crippen LogP contribution is -2.06. The summed E-state index contributed by atoms with van der Waals surface area (Å²) in [6.45, 7) is 3.85. The molecule has 0 fully saturated rings. The number of fused-ring (bicyclic) bond motifs is 2. The third-order valence-electron chi connectivity index (χ3n) is 4.42. The zero-order valence-electron chi connectivity index (χ0n) is 14.9. The summed E-state index contributed by atoms with van der Waals surface area (Å²) in [6.07, 6.45) is 0. The Hall–Kier alpha value is -3.05. The second-order valence-electron chi connectivity index (χ2n) is 6.31. The van der Waals surface area contributed by atoms with Gasteiger partial charge in [0.1, 0.15) is 11.8 Å². The van der Waals surface area contributed by atoms with Crippen molar-refractivity contribution in [1.29, 1.82) is 0 Å². The van der Waals surface area contributed by atoms with Crippen molar-refractivity contribution in [3.63, 3.8) is 0 Å². The second kappa shape index (κ2) is 6.93. The molecule has 134 valence electrons. The molecule has 0 unspecified atom stereocenters. The number of aromatic nitrogens is 3. The fourth-order valence-electron chi connectivity index (χ4n) is 2.82. The van der Waals surface area contributed by atoms with E-state index in [4.69, 9.17) is 16.3 Å². The third kappa shape index (κ3) is 3.46. The average molecular weight is 378 g/mol. The van der Waals surface area contributed by atoms with Crippen LogP contribution in [0.15, 0.2) is 48.5 Å². The highest BCUT2D eigenvalue weighted by atomic mass is 35.5. The Morgan fingerprint density at radius 2 is 1.67 bits per heavy atom. The first kappa shape index (κ1) is 17.4. The molecule has 2 aromatic heterocycles. The van der Waals surface area contributed by atoms with Gasteiger partial charge >= 0.3 is 5.97 Å². The van der Waals surface area contributed by atoms with Crippen LogP contribution in [0.1, 0.15) is 27.3 Å². The Bertz CT molecular complexity index is 1190. The largest absolute Gasteiger partial charge is 0.457 e. The maximum atomic E-state index is 12.5. The minimum atomic E-state index is -0.443. The van der Waals surface area contributed by atoms with Crippen molar-refractivity contribution in [2.24, 2.45) is 0 Å². The monoisotopic (exact) mass is 377 g/mol. The molecule has 4 rings (SSSR count). The van der Waals surface area contributed by atoms with Crippen LogP contribution < -0.4 is 0 Å². The van der Waals surface area contributed by atoms with E-state index in [1.54, 1.807) is 18.2 Å². The zero-order valence-corrected chi connectivity index (χ0v) is 15.6. The van der Waals surface area contributed by atoms with E-state index in [1.165, 1.54) is 0 Å². The predicted molar refractivity (Wildman–Crippen MR) is 105 cm³/mol. The van der Waals surface area contributed by atoms with E-state index in [-0.39, 0.29) is 6.61 Å². The Kier molecular flexibility index (Phi) is 4.46. The molecule has 0 atom stereocenters. The number of hydrogen-bond donors (Lipinski definition) is 0. The highest BCUT2D eigenvalue weighted by Crippen LogP contribution is 2.22. The lowest BCUT2D eigenvalue weighted by atomic mass is 10.1. The summed E-state index contributed by atoms with van der Waals surface area (Å²) in [5, 5.41) is 1.27. The number of para-hydroxylation sites is 1. The van der Waals surface area contributed by atoms with Gasteiger partial charge in [0, 0.05) is 10.9 Å². The minimum Gasteiger partial charge on any atom is -0.457 e. The SMILES string of the molecule is Cc1nc2ccc(C(=O)OCc3cc4ccccc4nc3Cl)cc2nc1C. The molecule has 27 heavy (non-hydrogen) atoms. The van der Waals surface area contributed by atoms with E-state index in [0.29, 0.717) is 21.8 Å². The van der Waals surface area contributed by atoms with Crippen molar-refractivity contribution in [1.82, 2.24) is 15.0 Å². The van der Waals surface area contributed by atoms with Crippen molar-refractivity contribution >= 4 is 39.5 Å². The van der Waals surface area contributed by atoms with Crippen LogP contribution in [0.25, 0.3) is 21.9 Å². The first-order chi connectivity index (χ1) is 13.0. The molecule has 0 radical (unpaired) electrons. The van der Waals surface area contributed by atoms with Crippen LogP contribution in [-0.4, -0.2) is 20.9 Å². The molecule has 0 aliphatic heterocycles. The fraction of sp³-hybridized carbons (Fsp3) is 0.143. The number of pyridine rings is 1. The number of carbonyl (C=O) groups is 1. The Morgan fingerprint density at radius 3 is 2.48 bits per heavy atom. The van der Waals surface area contributed by atoms with Crippen LogP contribution in [-0.2, 0) is 11.3 Å². The molecule has 0 aliphatic rings. The van der Waals surface area contributed by atoms with Gasteiger partial charge in [-0.3, -0.25) is 0 Å². The highest BCUT2D eigenvalue weighted by molar-refractivity contribution is 6.30. The van der Waals surface area contributed by atoms with Gasteiger partial charge in [-0.1, -0.05) is 29.8 Å². The Balaban J connectivity index is 1.56. The van der Waals surface area contributed by atoms with E-state index in [9.17, 15) is 4.79 Å². The van der Waals surface area contributed by atoms with Crippen molar-refractivity contribution in [2.45, 2.75) is 20.5 Å². The molecule has 0 bridgehead atoms. The highest BCUT2D eigenvalue weighted by Gasteiger charge is 2.12. The van der Waals surface area contributed by atoms with E-state index in [1.807, 2.05) is 44.2 Å². The number of carbonyl (C=O) groups excluding carboxylic acids is 1. The van der Waals surface area contributed by atoms with E-state index in [0.717, 1.165) is 27.8 Å². The van der Waals surface area contributed by atoms with Gasteiger partial charge in [-0.05, 0) is 44.2 Å². The quantitative estimate of drug-likeness (QED) is 0.379. The average Bonchev–Trinajstić information content (AvgIpc) is 2.66. The molecular weight excluding hydrogens is 362 g/mol. The summed E-state index contributed by atoms with van der Waals surface area (Å²) in [5.74, 6) is -0.443. The number of nitrogens with zero attached hydrogens (tertiary/aromatic N) is 3. The number of aryl methyl sites for hydroxylation is 2. The van der Waals surface area contributed by atoms with Crippen LogP contribution in [0.4, 0.5) is 0 Å². The van der Waals surface area contributed by atoms with Crippen LogP contribution in [0, 0.1) is 13.8 Å². The first-order valence-corrected chi connectivity index (χ1v) is 8.85. The smallest absolute Gasteiger partial charge is 0.338 e. The summed E-state index contributed by atoms with van der Waals surface area (Å²) in [7, 11) is 0. The zero-order chi connectivity index (χ0) is 19.0. The maximum Gasteiger partial charge on any atom is 0.338 e. The van der Waals surface area contributed by atoms with Crippen molar-refractivity contribution in [3.8, 4) is 0 Å². The molecule has 6 heteroatoms. The molecule has 0 amide bonds. The van der Waals surface area contributed by atoms with Gasteiger partial charge < -0.3 is 4.74 Å². The van der Waals surface area contributed by atoms with Gasteiger partial charge in [-0.15, -0.1) is 0 Å². The van der Waals surface area contributed by atoms with E-state index < -0.39 is 5.97 Å². The maximum absolute atomic E-state index is 12.5. The van der Waals surface area contributed by atoms with Crippen molar-refractivity contribution in [2.75, 3.05) is 0 Å². The number of halogens is 1. The normalized spacial score (nSPS) is 11.1. The third-order valence-corrected chi connectivity index (χ3v) is 4.75. The molecule has 0 N–H and O–H groups in total. The van der Waals surface area contributed by atoms with E-state index >= 15 is 0 Å². The molecule has 0 saturated heterocycles.